The third kappa shape index (κ3) is 17.7. The van der Waals surface area contributed by atoms with Crippen LogP contribution in [-0.4, -0.2) is 56.9 Å². The van der Waals surface area contributed by atoms with Gasteiger partial charge in [0.05, 0.1) is 19.4 Å². The number of hydrogen-bond acceptors (Lipinski definition) is 8. The van der Waals surface area contributed by atoms with Crippen LogP contribution in [-0.2, 0) is 28.0 Å². The van der Waals surface area contributed by atoms with Gasteiger partial charge in [0, 0.05) is 20.1 Å². The average molecular weight is 361 g/mol. The van der Waals surface area contributed by atoms with Crippen molar-refractivity contribution in [1.29, 1.82) is 0 Å². The van der Waals surface area contributed by atoms with Crippen LogP contribution in [0.5, 0.6) is 0 Å². The Balaban J connectivity index is -0.000000432. The van der Waals surface area contributed by atoms with E-state index < -0.39 is 19.7 Å². The highest BCUT2D eigenvalue weighted by Crippen LogP contribution is 2.47. The zero-order valence-corrected chi connectivity index (χ0v) is 14.4. The van der Waals surface area contributed by atoms with Gasteiger partial charge in [0.25, 0.3) is 0 Å². The van der Waals surface area contributed by atoms with Crippen molar-refractivity contribution in [2.24, 2.45) is 0 Å². The van der Waals surface area contributed by atoms with Crippen LogP contribution in [0.2, 0.25) is 0 Å². The molecule has 0 bridgehead atoms. The predicted molar refractivity (Wildman–Crippen MR) is 92.9 cm³/mol. The van der Waals surface area contributed by atoms with Gasteiger partial charge in [-0.25, -0.2) is 5.26 Å². The lowest BCUT2D eigenvalue weighted by Crippen LogP contribution is -2.27. The molecule has 144 valence electrons. The number of ether oxygens (including phenoxy) is 2. The lowest BCUT2D eigenvalue weighted by molar-refractivity contribution is -0.155. The maximum absolute atomic E-state index is 12.0. The number of rotatable bonds is 11. The molecule has 0 aliphatic carbocycles. The Morgan fingerprint density at radius 2 is 1.87 bits per heavy atom. The molecule has 0 saturated carbocycles. The molecule has 0 rings (SSSR count). The molecule has 23 heavy (non-hydrogen) atoms. The van der Waals surface area contributed by atoms with E-state index in [-0.39, 0.29) is 34.2 Å². The van der Waals surface area contributed by atoms with E-state index in [1.54, 1.807) is 14.0 Å². The zero-order chi connectivity index (χ0) is 16.7. The highest BCUT2D eigenvalue weighted by atomic mass is 31.2. The van der Waals surface area contributed by atoms with Gasteiger partial charge in [-0.05, 0) is 14.0 Å². The van der Waals surface area contributed by atoms with Crippen LogP contribution in [0.3, 0.4) is 0 Å². The molecule has 0 saturated heterocycles. The molecule has 0 amide bonds. The van der Waals surface area contributed by atoms with Crippen molar-refractivity contribution in [2.45, 2.75) is 48.7 Å². The summed E-state index contributed by atoms with van der Waals surface area (Å²) in [7, 11) is -2.02. The number of hydrogen-bond donors (Lipinski definition) is 2. The van der Waals surface area contributed by atoms with Crippen LogP contribution in [0.4, 0.5) is 0 Å². The molecule has 0 fully saturated rings. The predicted octanol–water partition coefficient (Wildman–Crippen LogP) is 3.17. The van der Waals surface area contributed by atoms with Crippen molar-refractivity contribution in [2.75, 3.05) is 39.6 Å². The molecule has 8 nitrogen and oxygen atoms in total. The Labute approximate surface area is 141 Å². The molecule has 0 aromatic carbocycles. The van der Waals surface area contributed by atoms with Crippen LogP contribution in [0.1, 0.15) is 42.5 Å². The van der Waals surface area contributed by atoms with Gasteiger partial charge in [-0.3, -0.25) is 9.36 Å². The summed E-state index contributed by atoms with van der Waals surface area (Å²) in [4.78, 5) is 10.9. The van der Waals surface area contributed by atoms with Gasteiger partial charge >= 0.3 is 13.6 Å². The minimum Gasteiger partial charge on any atom is -0.459 e. The Bertz CT molecular complexity index is 303. The van der Waals surface area contributed by atoms with Gasteiger partial charge in [-0.2, -0.15) is 4.67 Å². The van der Waals surface area contributed by atoms with Gasteiger partial charge in [0.15, 0.2) is 0 Å². The number of esters is 1. The van der Waals surface area contributed by atoms with Crippen molar-refractivity contribution in [1.82, 2.24) is 5.32 Å². The molecule has 0 spiro atoms. The van der Waals surface area contributed by atoms with E-state index in [1.165, 1.54) is 6.92 Å². The highest BCUT2D eigenvalue weighted by Gasteiger charge is 2.31. The molecule has 0 aromatic rings. The number of nitrogens with one attached hydrogen (secondary N) is 1. The molecule has 2 unspecified atom stereocenters. The average Bonchev–Trinajstić information content (AvgIpc) is 2.46. The minimum absolute atomic E-state index is 0. The van der Waals surface area contributed by atoms with Crippen molar-refractivity contribution >= 4 is 13.6 Å². The first-order chi connectivity index (χ1) is 9.97. The van der Waals surface area contributed by atoms with E-state index in [2.05, 4.69) is 9.99 Å². The van der Waals surface area contributed by atoms with E-state index in [0.29, 0.717) is 13.2 Å². The summed E-state index contributed by atoms with van der Waals surface area (Å²) in [5.74, 6) is -0.538. The lowest BCUT2D eigenvalue weighted by Gasteiger charge is -2.21. The van der Waals surface area contributed by atoms with Crippen molar-refractivity contribution in [3.8, 4) is 0 Å². The first kappa shape index (κ1) is 30.4. The van der Waals surface area contributed by atoms with Crippen molar-refractivity contribution in [3.63, 3.8) is 0 Å². The molecular weight excluding hydrogens is 325 g/mol. The topological polar surface area (TPSA) is 103 Å². The first-order valence-corrected chi connectivity index (χ1v) is 8.66. The van der Waals surface area contributed by atoms with E-state index in [1.807, 2.05) is 13.8 Å². The van der Waals surface area contributed by atoms with E-state index in [9.17, 15) is 9.36 Å². The van der Waals surface area contributed by atoms with Crippen molar-refractivity contribution in [3.05, 3.63) is 0 Å². The van der Waals surface area contributed by atoms with E-state index >= 15 is 0 Å². The second kappa shape index (κ2) is 19.5. The van der Waals surface area contributed by atoms with E-state index in [4.69, 9.17) is 19.3 Å². The van der Waals surface area contributed by atoms with Gasteiger partial charge in [-0.15, -0.1) is 0 Å². The fraction of sp³-hybridized carbons (Fsp3) is 0.929. The van der Waals surface area contributed by atoms with Gasteiger partial charge in [-0.1, -0.05) is 28.7 Å². The monoisotopic (exact) mass is 361 g/mol. The second-order valence-corrected chi connectivity index (χ2v) is 5.71. The molecule has 0 aliphatic heterocycles. The molecule has 9 heteroatoms. The fourth-order valence-electron chi connectivity index (χ4n) is 1.25. The maximum Gasteiger partial charge on any atom is 0.361 e. The lowest BCUT2D eigenvalue weighted by atomic mass is 10.4. The molecule has 0 aromatic heterocycles. The second-order valence-electron chi connectivity index (χ2n) is 3.70. The smallest absolute Gasteiger partial charge is 0.361 e. The van der Waals surface area contributed by atoms with Crippen LogP contribution >= 0.6 is 7.60 Å². The Morgan fingerprint density at radius 3 is 2.26 bits per heavy atom. The quantitative estimate of drug-likeness (QED) is 0.190. The van der Waals surface area contributed by atoms with Gasteiger partial charge in [0.2, 0.25) is 0 Å². The fourth-order valence-corrected chi connectivity index (χ4v) is 2.52. The number of likely N-dealkylation sites (N-methyl/N-ethyl adjacent to an activating group) is 1. The normalized spacial score (nSPS) is 13.3. The zero-order valence-electron chi connectivity index (χ0n) is 13.5. The SMILES string of the molecule is C.C.CC.CCOCC(CP(=O)(OO)OCCNC)OC(C)=O. The standard InChI is InChI=1S/C10H22NO7P.C2H6.2CH4/c1-4-15-7-10(17-9(2)12)8-19(14,18-13)16-6-5-11-3;1-2;;/h10-11,13H,4-8H2,1-3H3;1-2H3;2*1H4. The first-order valence-electron chi connectivity index (χ1n) is 6.93. The largest absolute Gasteiger partial charge is 0.459 e. The summed E-state index contributed by atoms with van der Waals surface area (Å²) >= 11 is 0. The highest BCUT2D eigenvalue weighted by molar-refractivity contribution is 7.53. The molecule has 2 N–H and O–H groups in total. The molecule has 2 atom stereocenters. The molecule has 0 heterocycles. The third-order valence-corrected chi connectivity index (χ3v) is 3.71. The Hall–Kier alpha value is -0.500. The number of carbonyl (C=O) groups excluding carboxylic acids is 1. The molecule has 0 radical (unpaired) electrons. The Kier molecular flexibility index (Phi) is 25.8. The summed E-state index contributed by atoms with van der Waals surface area (Å²) < 4.78 is 31.0. The van der Waals surface area contributed by atoms with Gasteiger partial charge < -0.3 is 19.3 Å². The van der Waals surface area contributed by atoms with Crippen LogP contribution < -0.4 is 5.32 Å². The third-order valence-electron chi connectivity index (χ3n) is 2.03. The molecular formula is C14H36NO7P. The summed E-state index contributed by atoms with van der Waals surface area (Å²) in [6, 6.07) is 0. The maximum atomic E-state index is 12.0. The van der Waals surface area contributed by atoms with Crippen LogP contribution in [0.15, 0.2) is 0 Å². The van der Waals surface area contributed by atoms with Crippen molar-refractivity contribution < 1.29 is 33.3 Å². The summed E-state index contributed by atoms with van der Waals surface area (Å²) in [6.07, 6.45) is -1.07. The summed E-state index contributed by atoms with van der Waals surface area (Å²) in [5, 5.41) is 11.5. The van der Waals surface area contributed by atoms with Crippen LogP contribution in [0.25, 0.3) is 0 Å². The Morgan fingerprint density at radius 1 is 1.30 bits per heavy atom. The van der Waals surface area contributed by atoms with E-state index in [0.717, 1.165) is 0 Å². The molecule has 0 aliphatic rings. The minimum atomic E-state index is -3.72. The van der Waals surface area contributed by atoms with Crippen LogP contribution in [0, 0.1) is 0 Å². The summed E-state index contributed by atoms with van der Waals surface area (Å²) in [5.41, 5.74) is 0. The number of carbonyl (C=O) groups is 1. The van der Waals surface area contributed by atoms with Gasteiger partial charge in [0.1, 0.15) is 6.10 Å². The summed E-state index contributed by atoms with van der Waals surface area (Å²) in [6.45, 7) is 8.01.